The van der Waals surface area contributed by atoms with Gasteiger partial charge in [-0.2, -0.15) is 0 Å². The van der Waals surface area contributed by atoms with E-state index in [1.54, 1.807) is 18.2 Å². The number of hydrogen-bond acceptors (Lipinski definition) is 6. The predicted molar refractivity (Wildman–Crippen MR) is 85.2 cm³/mol. The molecule has 2 aromatic rings. The molecule has 4 rings (SSSR count). The van der Waals surface area contributed by atoms with Crippen LogP contribution in [0.15, 0.2) is 27.4 Å². The molecular weight excluding hydrogens is 330 g/mol. The molecule has 130 valence electrons. The van der Waals surface area contributed by atoms with Crippen LogP contribution in [-0.2, 0) is 14.4 Å². The molecule has 2 saturated heterocycles. The molecule has 0 bridgehead atoms. The van der Waals surface area contributed by atoms with Crippen LogP contribution in [0.25, 0.3) is 11.1 Å². The minimum absolute atomic E-state index is 0.154. The summed E-state index contributed by atoms with van der Waals surface area (Å²) in [6.45, 7) is 0.670. The smallest absolute Gasteiger partial charge is 0.420 e. The van der Waals surface area contributed by atoms with Gasteiger partial charge >= 0.3 is 11.7 Å². The zero-order valence-corrected chi connectivity index (χ0v) is 13.1. The first-order valence-corrected chi connectivity index (χ1v) is 7.91. The number of aromatic nitrogens is 1. The average Bonchev–Trinajstić information content (AvgIpc) is 2.83. The zero-order chi connectivity index (χ0) is 17.7. The van der Waals surface area contributed by atoms with E-state index in [-0.39, 0.29) is 18.7 Å². The number of piperidine rings is 1. The number of carbonyl (C=O) groups is 3. The Hall–Kier alpha value is -3.10. The average molecular weight is 345 g/mol. The number of hydrogen-bond donors (Lipinski definition) is 2. The zero-order valence-electron chi connectivity index (χ0n) is 13.1. The Balaban J connectivity index is 1.73. The number of rotatable bonds is 3. The molecule has 1 atom stereocenters. The van der Waals surface area contributed by atoms with Gasteiger partial charge in [-0.05, 0) is 18.6 Å². The number of carbonyl (C=O) groups excluding carboxylic acids is 2. The fraction of sp³-hybridized carbons (Fsp3) is 0.375. The molecule has 2 fully saturated rings. The highest BCUT2D eigenvalue weighted by molar-refractivity contribution is 6.00. The van der Waals surface area contributed by atoms with E-state index in [1.165, 1.54) is 4.57 Å². The number of carboxylic acid groups (broad SMARTS) is 1. The molecule has 0 saturated carbocycles. The van der Waals surface area contributed by atoms with E-state index in [0.29, 0.717) is 29.9 Å². The van der Waals surface area contributed by atoms with Gasteiger partial charge in [-0.15, -0.1) is 0 Å². The lowest BCUT2D eigenvalue weighted by Crippen LogP contribution is -2.50. The van der Waals surface area contributed by atoms with Crippen molar-refractivity contribution in [3.05, 3.63) is 28.7 Å². The molecule has 0 radical (unpaired) electrons. The van der Waals surface area contributed by atoms with Crippen LogP contribution in [0, 0.1) is 5.92 Å². The summed E-state index contributed by atoms with van der Waals surface area (Å²) < 4.78 is 6.62. The number of aliphatic carboxylic acids is 1. The Morgan fingerprint density at radius 3 is 2.68 bits per heavy atom. The molecule has 2 amide bonds. The minimum atomic E-state index is -0.856. The lowest BCUT2D eigenvalue weighted by atomic mass is 9.99. The van der Waals surface area contributed by atoms with Gasteiger partial charge in [0.15, 0.2) is 5.58 Å². The maximum absolute atomic E-state index is 12.3. The third kappa shape index (κ3) is 2.39. The van der Waals surface area contributed by atoms with Crippen LogP contribution in [0.4, 0.5) is 5.69 Å². The first-order valence-electron chi connectivity index (χ1n) is 7.91. The highest BCUT2D eigenvalue weighted by Gasteiger charge is 2.36. The standard InChI is InChI=1S/C16H15N3O6/c20-12-5-4-11(14(21)17-12)19-10-3-1-2-9(13(10)25-16(19)24)18-6-8(7-18)15(22)23/h1-3,8,11H,4-7H2,(H,22,23)(H,17,20,21). The maximum Gasteiger partial charge on any atom is 0.420 e. The number of amides is 2. The van der Waals surface area contributed by atoms with Crippen LogP contribution in [0.3, 0.4) is 0 Å². The van der Waals surface area contributed by atoms with Crippen molar-refractivity contribution in [2.75, 3.05) is 18.0 Å². The number of carboxylic acids is 1. The number of para-hydroxylation sites is 1. The van der Waals surface area contributed by atoms with Gasteiger partial charge in [0.05, 0.1) is 17.1 Å². The second kappa shape index (κ2) is 5.47. The lowest BCUT2D eigenvalue weighted by Gasteiger charge is -2.38. The summed E-state index contributed by atoms with van der Waals surface area (Å²) in [5, 5.41) is 11.2. The van der Waals surface area contributed by atoms with Gasteiger partial charge in [0.25, 0.3) is 0 Å². The summed E-state index contributed by atoms with van der Waals surface area (Å²) in [6, 6.07) is 4.34. The summed E-state index contributed by atoms with van der Waals surface area (Å²) in [5.41, 5.74) is 1.40. The van der Waals surface area contributed by atoms with Crippen LogP contribution in [-0.4, -0.2) is 40.5 Å². The van der Waals surface area contributed by atoms with Crippen molar-refractivity contribution in [3.63, 3.8) is 0 Å². The molecule has 2 N–H and O–H groups in total. The minimum Gasteiger partial charge on any atom is -0.481 e. The van der Waals surface area contributed by atoms with Crippen molar-refractivity contribution in [2.24, 2.45) is 5.92 Å². The molecule has 1 aromatic carbocycles. The van der Waals surface area contributed by atoms with Crippen molar-refractivity contribution in [1.29, 1.82) is 0 Å². The van der Waals surface area contributed by atoms with Gasteiger partial charge in [0, 0.05) is 19.5 Å². The van der Waals surface area contributed by atoms with E-state index in [0.717, 1.165) is 0 Å². The van der Waals surface area contributed by atoms with Gasteiger partial charge in [0.1, 0.15) is 6.04 Å². The summed E-state index contributed by atoms with van der Waals surface area (Å²) in [7, 11) is 0. The molecule has 2 aliphatic heterocycles. The summed E-state index contributed by atoms with van der Waals surface area (Å²) in [6.07, 6.45) is 0.385. The molecule has 9 heteroatoms. The largest absolute Gasteiger partial charge is 0.481 e. The van der Waals surface area contributed by atoms with Crippen molar-refractivity contribution in [3.8, 4) is 0 Å². The second-order valence-corrected chi connectivity index (χ2v) is 6.27. The fourth-order valence-electron chi connectivity index (χ4n) is 3.35. The van der Waals surface area contributed by atoms with Gasteiger partial charge in [0.2, 0.25) is 11.8 Å². The Morgan fingerprint density at radius 1 is 1.24 bits per heavy atom. The number of oxazole rings is 1. The van der Waals surface area contributed by atoms with Gasteiger partial charge in [-0.1, -0.05) is 6.07 Å². The van der Waals surface area contributed by atoms with E-state index in [4.69, 9.17) is 9.52 Å². The van der Waals surface area contributed by atoms with Crippen molar-refractivity contribution in [1.82, 2.24) is 9.88 Å². The Bertz CT molecular complexity index is 952. The third-order valence-electron chi connectivity index (χ3n) is 4.71. The SMILES string of the molecule is O=C1CCC(n2c(=O)oc3c(N4CC(C(=O)O)C4)cccc32)C(=O)N1. The van der Waals surface area contributed by atoms with E-state index in [2.05, 4.69) is 5.32 Å². The second-order valence-electron chi connectivity index (χ2n) is 6.27. The molecule has 3 heterocycles. The van der Waals surface area contributed by atoms with Gasteiger partial charge in [-0.25, -0.2) is 4.79 Å². The fourth-order valence-corrected chi connectivity index (χ4v) is 3.35. The van der Waals surface area contributed by atoms with Gasteiger partial charge in [-0.3, -0.25) is 24.3 Å². The first kappa shape index (κ1) is 15.4. The van der Waals surface area contributed by atoms with E-state index in [1.807, 2.05) is 4.90 Å². The van der Waals surface area contributed by atoms with Crippen LogP contribution in [0.1, 0.15) is 18.9 Å². The predicted octanol–water partition coefficient (Wildman–Crippen LogP) is 0.0930. The number of anilines is 1. The lowest BCUT2D eigenvalue weighted by molar-refractivity contribution is -0.142. The summed E-state index contributed by atoms with van der Waals surface area (Å²) in [5.74, 6) is -2.86. The number of imide groups is 1. The monoisotopic (exact) mass is 345 g/mol. The van der Waals surface area contributed by atoms with E-state index < -0.39 is 29.6 Å². The molecule has 9 nitrogen and oxygen atoms in total. The molecule has 25 heavy (non-hydrogen) atoms. The number of nitrogens with one attached hydrogen (secondary N) is 1. The first-order chi connectivity index (χ1) is 12.0. The third-order valence-corrected chi connectivity index (χ3v) is 4.71. The summed E-state index contributed by atoms with van der Waals surface area (Å²) in [4.78, 5) is 48.5. The van der Waals surface area contributed by atoms with Crippen molar-refractivity contribution in [2.45, 2.75) is 18.9 Å². The highest BCUT2D eigenvalue weighted by Crippen LogP contribution is 2.33. The van der Waals surface area contributed by atoms with Crippen molar-refractivity contribution >= 4 is 34.6 Å². The molecule has 0 spiro atoms. The maximum atomic E-state index is 12.3. The Labute approximate surface area is 140 Å². The molecule has 2 aliphatic rings. The highest BCUT2D eigenvalue weighted by atomic mass is 16.4. The molecular formula is C16H15N3O6. The number of nitrogens with zero attached hydrogens (tertiary/aromatic N) is 2. The van der Waals surface area contributed by atoms with Gasteiger partial charge < -0.3 is 14.4 Å². The number of benzene rings is 1. The quantitative estimate of drug-likeness (QED) is 0.756. The van der Waals surface area contributed by atoms with E-state index in [9.17, 15) is 19.2 Å². The number of fused-ring (bicyclic) bond motifs is 1. The van der Waals surface area contributed by atoms with Crippen LogP contribution >= 0.6 is 0 Å². The molecule has 1 aromatic heterocycles. The van der Waals surface area contributed by atoms with Crippen LogP contribution < -0.4 is 16.0 Å². The van der Waals surface area contributed by atoms with Crippen molar-refractivity contribution < 1.29 is 23.9 Å². The molecule has 0 aliphatic carbocycles. The van der Waals surface area contributed by atoms with Crippen LogP contribution in [0.2, 0.25) is 0 Å². The normalized spacial score (nSPS) is 21.3. The molecule has 1 unspecified atom stereocenters. The topological polar surface area (TPSA) is 122 Å². The van der Waals surface area contributed by atoms with E-state index >= 15 is 0 Å². The summed E-state index contributed by atoms with van der Waals surface area (Å²) >= 11 is 0. The Kier molecular flexibility index (Phi) is 3.38. The Morgan fingerprint density at radius 2 is 2.00 bits per heavy atom. The van der Waals surface area contributed by atoms with Crippen LogP contribution in [0.5, 0.6) is 0 Å².